The summed E-state index contributed by atoms with van der Waals surface area (Å²) in [5.74, 6) is 1.34. The van der Waals surface area contributed by atoms with Crippen LogP contribution in [-0.4, -0.2) is 69.8 Å². The Morgan fingerprint density at radius 1 is 1.15 bits per heavy atom. The molecule has 0 aliphatic carbocycles. The monoisotopic (exact) mass is 456 g/mol. The summed E-state index contributed by atoms with van der Waals surface area (Å²) in [4.78, 5) is 32.4. The van der Waals surface area contributed by atoms with E-state index in [1.807, 2.05) is 37.8 Å². The Hall–Kier alpha value is -3.10. The van der Waals surface area contributed by atoms with Crippen LogP contribution in [0.1, 0.15) is 52.1 Å². The molecule has 2 aliphatic rings. The number of carbonyl (C=O) groups excluding carboxylic acids is 2. The van der Waals surface area contributed by atoms with Gasteiger partial charge in [-0.3, -0.25) is 9.78 Å². The van der Waals surface area contributed by atoms with Gasteiger partial charge in [-0.25, -0.2) is 4.79 Å². The molecule has 0 saturated carbocycles. The maximum atomic E-state index is 12.3. The van der Waals surface area contributed by atoms with Gasteiger partial charge in [0.05, 0.1) is 17.9 Å². The Balaban J connectivity index is 1.29. The summed E-state index contributed by atoms with van der Waals surface area (Å²) in [6.45, 7) is 8.32. The van der Waals surface area contributed by atoms with Crippen LogP contribution in [0.4, 0.5) is 4.79 Å². The Morgan fingerprint density at radius 2 is 1.94 bits per heavy atom. The molecule has 2 saturated heterocycles. The molecule has 0 N–H and O–H groups in total. The Labute approximate surface area is 194 Å². The van der Waals surface area contributed by atoms with E-state index in [0.717, 1.165) is 43.6 Å². The quantitative estimate of drug-likeness (QED) is 0.627. The predicted molar refractivity (Wildman–Crippen MR) is 121 cm³/mol. The summed E-state index contributed by atoms with van der Waals surface area (Å²) in [6.07, 6.45) is 7.03. The van der Waals surface area contributed by atoms with Crippen LogP contribution in [0.3, 0.4) is 0 Å². The highest BCUT2D eigenvalue weighted by atomic mass is 16.6. The van der Waals surface area contributed by atoms with Crippen LogP contribution in [0.2, 0.25) is 0 Å². The number of nitrogens with zero attached hydrogens (tertiary/aromatic N) is 4. The lowest BCUT2D eigenvalue weighted by molar-refractivity contribution is -0.130. The number of amides is 2. The van der Waals surface area contributed by atoms with Gasteiger partial charge in [-0.2, -0.15) is 0 Å². The Kier molecular flexibility index (Phi) is 6.85. The maximum Gasteiger partial charge on any atom is 0.410 e. The Bertz CT molecular complexity index is 977. The van der Waals surface area contributed by atoms with Gasteiger partial charge in [0, 0.05) is 50.3 Å². The maximum absolute atomic E-state index is 12.3. The number of likely N-dealkylation sites (tertiary alicyclic amines) is 2. The number of pyridine rings is 1. The molecule has 0 radical (unpaired) electrons. The first-order valence-corrected chi connectivity index (χ1v) is 11.6. The average molecular weight is 457 g/mol. The number of hydrogen-bond acceptors (Lipinski definition) is 7. The molecule has 2 aliphatic heterocycles. The standard InChI is InChI=1S/C24H32N4O5/c1-24(2,3)32-23(30)28-11-8-19(28)16-31-20-12-17(14-25-15-20)21-13-18(26-33-21)6-7-22(29)27-9-4-5-10-27/h12-15,19H,4-11,16H2,1-3H3. The molecule has 33 heavy (non-hydrogen) atoms. The first kappa shape index (κ1) is 23.1. The summed E-state index contributed by atoms with van der Waals surface area (Å²) < 4.78 is 16.8. The largest absolute Gasteiger partial charge is 0.490 e. The molecule has 178 valence electrons. The van der Waals surface area contributed by atoms with Crippen LogP contribution >= 0.6 is 0 Å². The third-order valence-electron chi connectivity index (χ3n) is 5.82. The lowest BCUT2D eigenvalue weighted by atomic mass is 10.1. The van der Waals surface area contributed by atoms with Crippen molar-refractivity contribution in [1.29, 1.82) is 0 Å². The third kappa shape index (κ3) is 6.03. The van der Waals surface area contributed by atoms with E-state index in [9.17, 15) is 9.59 Å². The number of carbonyl (C=O) groups is 2. The van der Waals surface area contributed by atoms with Crippen molar-refractivity contribution in [2.24, 2.45) is 0 Å². The number of hydrogen-bond donors (Lipinski definition) is 0. The van der Waals surface area contributed by atoms with Crippen molar-refractivity contribution in [3.05, 3.63) is 30.2 Å². The zero-order valence-corrected chi connectivity index (χ0v) is 19.6. The molecule has 4 heterocycles. The summed E-state index contributed by atoms with van der Waals surface area (Å²) >= 11 is 0. The molecule has 0 spiro atoms. The molecular weight excluding hydrogens is 424 g/mol. The fourth-order valence-corrected chi connectivity index (χ4v) is 3.93. The minimum absolute atomic E-state index is 0.0199. The van der Waals surface area contributed by atoms with Crippen molar-refractivity contribution in [2.75, 3.05) is 26.2 Å². The smallest absolute Gasteiger partial charge is 0.410 e. The van der Waals surface area contributed by atoms with Crippen LogP contribution < -0.4 is 4.74 Å². The lowest BCUT2D eigenvalue weighted by Crippen LogP contribution is -2.55. The minimum Gasteiger partial charge on any atom is -0.490 e. The van der Waals surface area contributed by atoms with Gasteiger partial charge in [-0.05, 0) is 46.1 Å². The van der Waals surface area contributed by atoms with Crippen molar-refractivity contribution in [3.63, 3.8) is 0 Å². The molecular formula is C24H32N4O5. The molecule has 2 aromatic rings. The lowest BCUT2D eigenvalue weighted by Gasteiger charge is -2.40. The fourth-order valence-electron chi connectivity index (χ4n) is 3.93. The molecule has 9 nitrogen and oxygen atoms in total. The number of aryl methyl sites for hydroxylation is 1. The van der Waals surface area contributed by atoms with Gasteiger partial charge in [-0.15, -0.1) is 0 Å². The Morgan fingerprint density at radius 3 is 2.64 bits per heavy atom. The summed E-state index contributed by atoms with van der Waals surface area (Å²) in [5.41, 5.74) is 0.967. The summed E-state index contributed by atoms with van der Waals surface area (Å²) in [6, 6.07) is 3.66. The van der Waals surface area contributed by atoms with Gasteiger partial charge in [0.25, 0.3) is 0 Å². The minimum atomic E-state index is -0.520. The number of rotatable bonds is 7. The number of ether oxygens (including phenoxy) is 2. The summed E-state index contributed by atoms with van der Waals surface area (Å²) in [7, 11) is 0. The summed E-state index contributed by atoms with van der Waals surface area (Å²) in [5, 5.41) is 4.10. The SMILES string of the molecule is CC(C)(C)OC(=O)N1CCC1COc1cncc(-c2cc(CCC(=O)N3CCCC3)no2)c1. The normalized spacial score (nSPS) is 18.2. The van der Waals surface area contributed by atoms with Gasteiger partial charge in [0.2, 0.25) is 5.91 Å². The van der Waals surface area contributed by atoms with Crippen LogP contribution in [-0.2, 0) is 16.0 Å². The van der Waals surface area contributed by atoms with Gasteiger partial charge in [0.1, 0.15) is 18.0 Å². The van der Waals surface area contributed by atoms with Crippen molar-refractivity contribution in [1.82, 2.24) is 19.9 Å². The predicted octanol–water partition coefficient (Wildman–Crippen LogP) is 3.68. The zero-order chi connectivity index (χ0) is 23.4. The fraction of sp³-hybridized carbons (Fsp3) is 0.583. The molecule has 2 aromatic heterocycles. The van der Waals surface area contributed by atoms with Crippen LogP contribution in [0.15, 0.2) is 29.0 Å². The second-order valence-electron chi connectivity index (χ2n) is 9.61. The van der Waals surface area contributed by atoms with E-state index in [-0.39, 0.29) is 18.0 Å². The van der Waals surface area contributed by atoms with Crippen LogP contribution in [0.5, 0.6) is 5.75 Å². The molecule has 4 rings (SSSR count). The third-order valence-corrected chi connectivity index (χ3v) is 5.82. The first-order chi connectivity index (χ1) is 15.8. The van der Waals surface area contributed by atoms with Crippen molar-refractivity contribution >= 4 is 12.0 Å². The van der Waals surface area contributed by atoms with E-state index in [2.05, 4.69) is 10.1 Å². The van der Waals surface area contributed by atoms with Gasteiger partial charge >= 0.3 is 6.09 Å². The topological polar surface area (TPSA) is 98.0 Å². The molecule has 0 aromatic carbocycles. The molecule has 1 atom stereocenters. The first-order valence-electron chi connectivity index (χ1n) is 11.6. The average Bonchev–Trinajstić information content (AvgIpc) is 3.42. The second kappa shape index (κ2) is 9.80. The highest BCUT2D eigenvalue weighted by Crippen LogP contribution is 2.26. The van der Waals surface area contributed by atoms with E-state index in [1.165, 1.54) is 0 Å². The number of aromatic nitrogens is 2. The zero-order valence-electron chi connectivity index (χ0n) is 19.6. The van der Waals surface area contributed by atoms with E-state index in [0.29, 0.717) is 37.5 Å². The van der Waals surface area contributed by atoms with Crippen molar-refractivity contribution in [2.45, 2.75) is 64.5 Å². The van der Waals surface area contributed by atoms with Gasteiger partial charge in [0.15, 0.2) is 5.76 Å². The van der Waals surface area contributed by atoms with Crippen molar-refractivity contribution < 1.29 is 23.6 Å². The van der Waals surface area contributed by atoms with Gasteiger partial charge in [-0.1, -0.05) is 5.16 Å². The highest BCUT2D eigenvalue weighted by molar-refractivity contribution is 5.76. The van der Waals surface area contributed by atoms with Crippen LogP contribution in [0.25, 0.3) is 11.3 Å². The van der Waals surface area contributed by atoms with E-state index >= 15 is 0 Å². The van der Waals surface area contributed by atoms with E-state index < -0.39 is 5.60 Å². The van der Waals surface area contributed by atoms with E-state index in [4.69, 9.17) is 14.0 Å². The van der Waals surface area contributed by atoms with E-state index in [1.54, 1.807) is 17.3 Å². The van der Waals surface area contributed by atoms with Crippen molar-refractivity contribution in [3.8, 4) is 17.1 Å². The molecule has 2 amide bonds. The molecule has 2 fully saturated rings. The molecule has 9 heteroatoms. The molecule has 1 unspecified atom stereocenters. The van der Waals surface area contributed by atoms with Crippen LogP contribution in [0, 0.1) is 0 Å². The second-order valence-corrected chi connectivity index (χ2v) is 9.61. The highest BCUT2D eigenvalue weighted by Gasteiger charge is 2.35. The molecule has 0 bridgehead atoms. The van der Waals surface area contributed by atoms with Gasteiger partial charge < -0.3 is 23.8 Å².